The molecule has 1 saturated heterocycles. The molecule has 5 atom stereocenters. The lowest BCUT2D eigenvalue weighted by molar-refractivity contribution is -0.307. The van der Waals surface area contributed by atoms with Gasteiger partial charge in [0.1, 0.15) is 18.3 Å². The maximum absolute atomic E-state index is 11.9. The molecule has 1 amide bonds. The van der Waals surface area contributed by atoms with Gasteiger partial charge in [0.05, 0.1) is 12.2 Å². The number of aliphatic hydroxyl groups is 2. The molecule has 0 bridgehead atoms. The average Bonchev–Trinajstić information content (AvgIpc) is 2.36. The number of aliphatic hydroxyl groups excluding tert-OH is 2. The van der Waals surface area contributed by atoms with Crippen LogP contribution in [0.4, 0.5) is 0 Å². The molecule has 1 aliphatic heterocycles. The lowest BCUT2D eigenvalue weighted by atomic mass is 9.97. The molecule has 1 heterocycles. The molecule has 0 aliphatic carbocycles. The van der Waals surface area contributed by atoms with Gasteiger partial charge in [-0.25, -0.2) is 0 Å². The summed E-state index contributed by atoms with van der Waals surface area (Å²) in [7, 11) is 1.47. The second-order valence-electron chi connectivity index (χ2n) is 5.35. The third-order valence-electron chi connectivity index (χ3n) is 2.88. The number of hydrogen-bond donors (Lipinski definition) is 3. The van der Waals surface area contributed by atoms with Gasteiger partial charge >= 0.3 is 0 Å². The number of rotatable bonds is 5. The highest BCUT2D eigenvalue weighted by molar-refractivity contribution is 5.81. The number of ether oxygens (including phenoxy) is 3. The Kier molecular flexibility index (Phi) is 6.35. The van der Waals surface area contributed by atoms with Crippen LogP contribution in [0, 0.1) is 0 Å². The average molecular weight is 291 g/mol. The van der Waals surface area contributed by atoms with Crippen molar-refractivity contribution in [3.63, 3.8) is 0 Å². The van der Waals surface area contributed by atoms with E-state index in [1.807, 2.05) is 0 Å². The first-order chi connectivity index (χ1) is 9.27. The van der Waals surface area contributed by atoms with E-state index in [4.69, 9.17) is 14.2 Å². The van der Waals surface area contributed by atoms with E-state index in [0.29, 0.717) is 0 Å². The molecule has 0 aromatic rings. The van der Waals surface area contributed by atoms with E-state index in [1.165, 1.54) is 7.05 Å². The maximum atomic E-state index is 11.9. The summed E-state index contributed by atoms with van der Waals surface area (Å²) in [5, 5.41) is 22.7. The molecule has 20 heavy (non-hydrogen) atoms. The van der Waals surface area contributed by atoms with Crippen LogP contribution in [-0.4, -0.2) is 66.1 Å². The predicted molar refractivity (Wildman–Crippen MR) is 71.0 cm³/mol. The van der Waals surface area contributed by atoms with Crippen molar-refractivity contribution in [2.45, 2.75) is 70.6 Å². The largest absolute Gasteiger partial charge is 0.387 e. The molecule has 7 heteroatoms. The minimum Gasteiger partial charge on any atom is -0.387 e. The van der Waals surface area contributed by atoms with Crippen molar-refractivity contribution >= 4 is 5.91 Å². The number of amides is 1. The molecule has 1 unspecified atom stereocenters. The summed E-state index contributed by atoms with van der Waals surface area (Å²) < 4.78 is 16.4. The van der Waals surface area contributed by atoms with Gasteiger partial charge in [0.15, 0.2) is 12.4 Å². The van der Waals surface area contributed by atoms with E-state index in [1.54, 1.807) is 27.7 Å². The normalized spacial score (nSPS) is 34.5. The Balaban J connectivity index is 2.91. The number of carbonyl (C=O) groups is 1. The molecule has 3 N–H and O–H groups in total. The Labute approximate surface area is 119 Å². The lowest BCUT2D eigenvalue weighted by Crippen LogP contribution is -2.63. The van der Waals surface area contributed by atoms with Crippen LogP contribution in [0.3, 0.4) is 0 Å². The third kappa shape index (κ3) is 4.13. The molecule has 0 spiro atoms. The molecule has 0 radical (unpaired) electrons. The lowest BCUT2D eigenvalue weighted by Gasteiger charge is -2.42. The van der Waals surface area contributed by atoms with Crippen LogP contribution in [0.25, 0.3) is 0 Å². The third-order valence-corrected chi connectivity index (χ3v) is 2.88. The van der Waals surface area contributed by atoms with Gasteiger partial charge in [-0.3, -0.25) is 4.79 Å². The van der Waals surface area contributed by atoms with Crippen LogP contribution in [0.15, 0.2) is 0 Å². The zero-order valence-corrected chi connectivity index (χ0v) is 12.6. The van der Waals surface area contributed by atoms with Crippen molar-refractivity contribution in [2.24, 2.45) is 0 Å². The molecule has 1 fully saturated rings. The van der Waals surface area contributed by atoms with Gasteiger partial charge < -0.3 is 29.7 Å². The summed E-state index contributed by atoms with van der Waals surface area (Å²) in [6.45, 7) is 7.09. The summed E-state index contributed by atoms with van der Waals surface area (Å²) in [6.07, 6.45) is -6.03. The highest BCUT2D eigenvalue weighted by Crippen LogP contribution is 2.26. The minimum atomic E-state index is -1.28. The summed E-state index contributed by atoms with van der Waals surface area (Å²) >= 11 is 0. The Morgan fingerprint density at radius 3 is 2.10 bits per heavy atom. The molecular weight excluding hydrogens is 266 g/mol. The van der Waals surface area contributed by atoms with Crippen LogP contribution in [0.2, 0.25) is 0 Å². The standard InChI is InChI=1S/C13H25NO6/c1-6(2)18-10-8(15)9(16)13(19-7(3)4)20-11(10)12(17)14-5/h6-11,13,15-16H,1-5H3,(H,14,17)/t8-,9+,10+,11?,13+/m1/s1. The molecule has 1 rings (SSSR count). The zero-order chi connectivity index (χ0) is 15.4. The Morgan fingerprint density at radius 2 is 1.65 bits per heavy atom. The second kappa shape index (κ2) is 7.33. The summed E-state index contributed by atoms with van der Waals surface area (Å²) in [6, 6.07) is 0. The monoisotopic (exact) mass is 291 g/mol. The molecule has 0 aromatic heterocycles. The Hall–Kier alpha value is -0.730. The van der Waals surface area contributed by atoms with Crippen LogP contribution < -0.4 is 5.32 Å². The molecule has 7 nitrogen and oxygen atoms in total. The smallest absolute Gasteiger partial charge is 0.251 e. The highest BCUT2D eigenvalue weighted by Gasteiger charge is 2.49. The SMILES string of the molecule is CNC(=O)C1O[C@H](OC(C)C)[C@@H](O)[C@@H](O)[C@@H]1OC(C)C. The number of carbonyl (C=O) groups excluding carboxylic acids is 1. The van der Waals surface area contributed by atoms with Crippen molar-refractivity contribution < 1.29 is 29.2 Å². The molecule has 0 saturated carbocycles. The van der Waals surface area contributed by atoms with Gasteiger partial charge in [0.2, 0.25) is 0 Å². The fourth-order valence-corrected chi connectivity index (χ4v) is 2.04. The number of hydrogen-bond acceptors (Lipinski definition) is 6. The molecule has 118 valence electrons. The molecular formula is C13H25NO6. The second-order valence-corrected chi connectivity index (χ2v) is 5.35. The van der Waals surface area contributed by atoms with E-state index in [0.717, 1.165) is 0 Å². The zero-order valence-electron chi connectivity index (χ0n) is 12.6. The first-order valence-electron chi connectivity index (χ1n) is 6.82. The van der Waals surface area contributed by atoms with E-state index in [-0.39, 0.29) is 12.2 Å². The van der Waals surface area contributed by atoms with Crippen molar-refractivity contribution in [2.75, 3.05) is 7.05 Å². The van der Waals surface area contributed by atoms with E-state index >= 15 is 0 Å². The van der Waals surface area contributed by atoms with Crippen molar-refractivity contribution in [1.29, 1.82) is 0 Å². The van der Waals surface area contributed by atoms with E-state index in [9.17, 15) is 15.0 Å². The predicted octanol–water partition coefficient (Wildman–Crippen LogP) is -0.602. The van der Waals surface area contributed by atoms with E-state index in [2.05, 4.69) is 5.32 Å². The van der Waals surface area contributed by atoms with Crippen molar-refractivity contribution in [3.8, 4) is 0 Å². The van der Waals surface area contributed by atoms with Crippen LogP contribution in [-0.2, 0) is 19.0 Å². The van der Waals surface area contributed by atoms with Crippen LogP contribution >= 0.6 is 0 Å². The van der Waals surface area contributed by atoms with Gasteiger partial charge in [0, 0.05) is 7.05 Å². The van der Waals surface area contributed by atoms with Gasteiger partial charge in [-0.15, -0.1) is 0 Å². The first-order valence-corrected chi connectivity index (χ1v) is 6.82. The topological polar surface area (TPSA) is 97.3 Å². The maximum Gasteiger partial charge on any atom is 0.251 e. The number of nitrogens with one attached hydrogen (secondary N) is 1. The van der Waals surface area contributed by atoms with Crippen molar-refractivity contribution in [1.82, 2.24) is 5.32 Å². The first kappa shape index (κ1) is 17.3. The van der Waals surface area contributed by atoms with Gasteiger partial charge in [-0.1, -0.05) is 0 Å². The van der Waals surface area contributed by atoms with Crippen LogP contribution in [0.1, 0.15) is 27.7 Å². The molecule has 0 aromatic carbocycles. The van der Waals surface area contributed by atoms with Crippen LogP contribution in [0.5, 0.6) is 0 Å². The summed E-state index contributed by atoms with van der Waals surface area (Å²) in [4.78, 5) is 11.9. The molecule has 1 aliphatic rings. The fourth-order valence-electron chi connectivity index (χ4n) is 2.04. The summed E-state index contributed by atoms with van der Waals surface area (Å²) in [5.74, 6) is -0.432. The van der Waals surface area contributed by atoms with E-state index < -0.39 is 36.6 Å². The Morgan fingerprint density at radius 1 is 1.10 bits per heavy atom. The van der Waals surface area contributed by atoms with Gasteiger partial charge in [-0.05, 0) is 27.7 Å². The van der Waals surface area contributed by atoms with Crippen molar-refractivity contribution in [3.05, 3.63) is 0 Å². The Bertz CT molecular complexity index is 322. The van der Waals surface area contributed by atoms with Gasteiger partial charge in [-0.2, -0.15) is 0 Å². The quantitative estimate of drug-likeness (QED) is 0.626. The number of likely N-dealkylation sites (N-methyl/N-ethyl adjacent to an activating group) is 1. The summed E-state index contributed by atoms with van der Waals surface area (Å²) in [5.41, 5.74) is 0. The minimum absolute atomic E-state index is 0.213. The fraction of sp³-hybridized carbons (Fsp3) is 0.923. The highest BCUT2D eigenvalue weighted by atomic mass is 16.7. The van der Waals surface area contributed by atoms with Gasteiger partial charge in [0.25, 0.3) is 5.91 Å².